The van der Waals surface area contributed by atoms with E-state index in [0.717, 1.165) is 0 Å². The molecule has 0 rings (SSSR count). The van der Waals surface area contributed by atoms with Gasteiger partial charge in [0.2, 0.25) is 0 Å². The maximum atomic E-state index is 8.42. The fourth-order valence-electron chi connectivity index (χ4n) is 0. The van der Waals surface area contributed by atoms with Crippen molar-refractivity contribution in [3.05, 3.63) is 0 Å². The Morgan fingerprint density at radius 3 is 1.20 bits per heavy atom. The van der Waals surface area contributed by atoms with E-state index in [-0.39, 0.29) is 18.5 Å². The third-order valence-corrected chi connectivity index (χ3v) is 0. The summed E-state index contributed by atoms with van der Waals surface area (Å²) in [5.74, 6) is 0. The molecule has 0 bridgehead atoms. The summed E-state index contributed by atoms with van der Waals surface area (Å²) in [5.41, 5.74) is 0. The van der Waals surface area contributed by atoms with Crippen molar-refractivity contribution in [3.63, 3.8) is 0 Å². The molecule has 0 heterocycles. The van der Waals surface area contributed by atoms with Gasteiger partial charge in [0.1, 0.15) is 0 Å². The molecule has 0 aromatic rings. The van der Waals surface area contributed by atoms with Gasteiger partial charge in [-0.2, -0.15) is 0 Å². The Labute approximate surface area is 41.8 Å². The molecular weight excluding hydrogens is 114 g/mol. The quantitative estimate of drug-likeness (QED) is 0.303. The van der Waals surface area contributed by atoms with E-state index in [1.54, 1.807) is 0 Å². The first-order valence-corrected chi connectivity index (χ1v) is 0.707. The molecular formula is HBMnO3. The third kappa shape index (κ3) is 126. The number of hydrogen-bond donors (Lipinski definition) is 0. The van der Waals surface area contributed by atoms with Crippen LogP contribution in [0.3, 0.4) is 0 Å². The molecule has 0 aliphatic heterocycles. The minimum absolute atomic E-state index is 0. The normalized spacial score (nSPS) is 5.40. The Bertz CT molecular complexity index is 15.5. The molecule has 29 valence electrons. The molecule has 0 spiro atoms. The first-order chi connectivity index (χ1) is 1.73. The summed E-state index contributed by atoms with van der Waals surface area (Å²) in [7, 11) is -2.92. The van der Waals surface area contributed by atoms with Crippen LogP contribution < -0.4 is 15.1 Å². The summed E-state index contributed by atoms with van der Waals surface area (Å²) < 4.78 is 0. The van der Waals surface area contributed by atoms with Crippen LogP contribution in [-0.2, 0) is 17.1 Å². The molecule has 0 saturated carbocycles. The van der Waals surface area contributed by atoms with Gasteiger partial charge in [0, 0.05) is 0 Å². The minimum atomic E-state index is -2.92. The van der Waals surface area contributed by atoms with Gasteiger partial charge in [-0.25, -0.2) is 0 Å². The predicted molar refractivity (Wildman–Crippen MR) is 6.87 cm³/mol. The average Bonchev–Trinajstić information content (AvgIpc) is 0.811. The average molecular weight is 115 g/mol. The largest absolute Gasteiger partial charge is 2.00 e. The molecule has 0 atom stereocenters. The number of rotatable bonds is 0. The van der Waals surface area contributed by atoms with Crippen LogP contribution in [0.4, 0.5) is 0 Å². The molecule has 0 N–H and O–H groups in total. The van der Waals surface area contributed by atoms with Gasteiger partial charge in [0.15, 0.2) is 0 Å². The molecule has 0 saturated heterocycles. The van der Waals surface area contributed by atoms with Crippen molar-refractivity contribution in [3.8, 4) is 0 Å². The summed E-state index contributed by atoms with van der Waals surface area (Å²) >= 11 is 0. The third-order valence-electron chi connectivity index (χ3n) is 0. The first kappa shape index (κ1) is 9.07. The van der Waals surface area contributed by atoms with Crippen LogP contribution >= 0.6 is 0 Å². The zero-order valence-corrected chi connectivity index (χ0v) is 3.36. The van der Waals surface area contributed by atoms with Crippen LogP contribution in [0.1, 0.15) is 1.43 Å². The standard InChI is InChI=1S/BO3.Mn/c2-1(3)4;/q-3;+2/p+1. The molecule has 5 heavy (non-hydrogen) atoms. The van der Waals surface area contributed by atoms with Gasteiger partial charge in [-0.15, -0.1) is 0 Å². The molecule has 1 radical (unpaired) electrons. The van der Waals surface area contributed by atoms with Crippen LogP contribution in [-0.4, -0.2) is 7.32 Å². The summed E-state index contributed by atoms with van der Waals surface area (Å²) in [6, 6.07) is 0. The maximum absolute atomic E-state index is 8.42. The van der Waals surface area contributed by atoms with Gasteiger partial charge in [-0.3, -0.25) is 7.32 Å². The summed E-state index contributed by atoms with van der Waals surface area (Å²) in [6.07, 6.45) is 0. The van der Waals surface area contributed by atoms with E-state index in [1.165, 1.54) is 0 Å². The van der Waals surface area contributed by atoms with Crippen LogP contribution in [0.15, 0.2) is 0 Å². The molecule has 3 nitrogen and oxygen atoms in total. The molecule has 0 aromatic carbocycles. The topological polar surface area (TPSA) is 69.2 Å². The Kier molecular flexibility index (Phi) is 8.10. The van der Waals surface area contributed by atoms with Crippen molar-refractivity contribution in [2.45, 2.75) is 0 Å². The van der Waals surface area contributed by atoms with Gasteiger partial charge in [-0.1, -0.05) is 0 Å². The fourth-order valence-corrected chi connectivity index (χ4v) is 0. The van der Waals surface area contributed by atoms with Crippen molar-refractivity contribution in [2.24, 2.45) is 0 Å². The summed E-state index contributed by atoms with van der Waals surface area (Å²) in [6.45, 7) is 0. The zero-order valence-electron chi connectivity index (χ0n) is 3.18. The van der Waals surface area contributed by atoms with Crippen molar-refractivity contribution >= 4 is 7.32 Å². The second-order valence-corrected chi connectivity index (χ2v) is 0.289. The van der Waals surface area contributed by atoms with Gasteiger partial charge >= 0.3 is 18.5 Å². The molecule has 0 aliphatic rings. The summed E-state index contributed by atoms with van der Waals surface area (Å²) in [5, 5.41) is 25.2. The van der Waals surface area contributed by atoms with Crippen LogP contribution in [0.25, 0.3) is 0 Å². The molecule has 0 fully saturated rings. The van der Waals surface area contributed by atoms with Crippen molar-refractivity contribution in [2.75, 3.05) is 0 Å². The van der Waals surface area contributed by atoms with E-state index < -0.39 is 7.32 Å². The molecule has 0 aromatic heterocycles. The Morgan fingerprint density at radius 2 is 1.20 bits per heavy atom. The van der Waals surface area contributed by atoms with E-state index in [1.807, 2.05) is 0 Å². The molecule has 0 amide bonds. The smallest absolute Gasteiger partial charge is 0.907 e. The Balaban J connectivity index is -0.0000000450. The monoisotopic (exact) mass is 115 g/mol. The van der Waals surface area contributed by atoms with Crippen molar-refractivity contribution in [1.29, 1.82) is 0 Å². The van der Waals surface area contributed by atoms with E-state index >= 15 is 0 Å². The van der Waals surface area contributed by atoms with Gasteiger partial charge in [-0.05, 0) is 0 Å². The zero-order chi connectivity index (χ0) is 3.58. The molecule has 5 heteroatoms. The Morgan fingerprint density at radius 1 is 1.20 bits per heavy atom. The van der Waals surface area contributed by atoms with Gasteiger partial charge in [0.05, 0.1) is 0 Å². The molecule has 0 aliphatic carbocycles. The van der Waals surface area contributed by atoms with Crippen LogP contribution in [0, 0.1) is 0 Å². The van der Waals surface area contributed by atoms with E-state index in [0.29, 0.717) is 0 Å². The van der Waals surface area contributed by atoms with Gasteiger partial charge in [0.25, 0.3) is 0 Å². The second kappa shape index (κ2) is 4.46. The SMILES string of the molecule is [H+].[Mn+2].[O-]B([O-])[O-]. The Hall–Kier alpha value is 0.464. The van der Waals surface area contributed by atoms with Crippen LogP contribution in [0.2, 0.25) is 0 Å². The first-order valence-electron chi connectivity index (χ1n) is 0.707. The fraction of sp³-hybridized carbons (Fsp3) is 0. The van der Waals surface area contributed by atoms with E-state index in [9.17, 15) is 0 Å². The molecule has 0 unspecified atom stereocenters. The second-order valence-electron chi connectivity index (χ2n) is 0.289. The maximum Gasteiger partial charge on any atom is 2.00 e. The van der Waals surface area contributed by atoms with E-state index in [2.05, 4.69) is 0 Å². The minimum Gasteiger partial charge on any atom is -0.907 e. The van der Waals surface area contributed by atoms with Gasteiger partial charge < -0.3 is 15.1 Å². The summed E-state index contributed by atoms with van der Waals surface area (Å²) in [4.78, 5) is 0. The predicted octanol–water partition coefficient (Wildman–Crippen LogP) is -3.84. The van der Waals surface area contributed by atoms with Crippen molar-refractivity contribution < 1.29 is 33.6 Å². The number of hydrogen-bond acceptors (Lipinski definition) is 3. The van der Waals surface area contributed by atoms with E-state index in [4.69, 9.17) is 15.1 Å². The van der Waals surface area contributed by atoms with Crippen molar-refractivity contribution in [1.82, 2.24) is 0 Å². The van der Waals surface area contributed by atoms with Crippen LogP contribution in [0.5, 0.6) is 0 Å².